The molecule has 2 unspecified atom stereocenters. The van der Waals surface area contributed by atoms with Crippen LogP contribution in [0, 0.1) is 17.8 Å². The molecule has 0 aliphatic heterocycles. The molecule has 0 aromatic rings. The average Bonchev–Trinajstić information content (AvgIpc) is 2.32. The number of ether oxygens (including phenoxy) is 1. The van der Waals surface area contributed by atoms with E-state index in [2.05, 4.69) is 20.8 Å². The molecule has 0 aromatic carbocycles. The summed E-state index contributed by atoms with van der Waals surface area (Å²) in [6, 6.07) is 0. The van der Waals surface area contributed by atoms with Gasteiger partial charge in [-0.25, -0.2) is 0 Å². The molecule has 0 aromatic heterocycles. The summed E-state index contributed by atoms with van der Waals surface area (Å²) < 4.78 is 5.19. The lowest BCUT2D eigenvalue weighted by Crippen LogP contribution is -2.40. The molecule has 2 atom stereocenters. The van der Waals surface area contributed by atoms with Gasteiger partial charge in [0.2, 0.25) is 5.91 Å². The Balaban J connectivity index is 4.45. The second kappa shape index (κ2) is 8.51. The fraction of sp³-hybridized carbons (Fsp3) is 0.929. The molecule has 0 heterocycles. The van der Waals surface area contributed by atoms with E-state index in [0.717, 1.165) is 26.1 Å². The van der Waals surface area contributed by atoms with Crippen molar-refractivity contribution in [1.82, 2.24) is 4.90 Å². The van der Waals surface area contributed by atoms with E-state index in [-0.39, 0.29) is 11.8 Å². The maximum absolute atomic E-state index is 12.3. The van der Waals surface area contributed by atoms with E-state index in [1.807, 2.05) is 18.7 Å². The third-order valence-corrected chi connectivity index (χ3v) is 3.54. The van der Waals surface area contributed by atoms with Crippen LogP contribution in [-0.4, -0.2) is 37.6 Å². The first-order valence-corrected chi connectivity index (χ1v) is 6.75. The topological polar surface area (TPSA) is 29.5 Å². The molecule has 0 bridgehead atoms. The molecule has 102 valence electrons. The van der Waals surface area contributed by atoms with Gasteiger partial charge >= 0.3 is 0 Å². The SMILES string of the molecule is CCC(COC)CN(CC)C(=O)C(C)C(C)C. The highest BCUT2D eigenvalue weighted by atomic mass is 16.5. The molecule has 0 saturated carbocycles. The van der Waals surface area contributed by atoms with Crippen molar-refractivity contribution in [2.45, 2.75) is 41.0 Å². The van der Waals surface area contributed by atoms with Crippen molar-refractivity contribution in [3.05, 3.63) is 0 Å². The first kappa shape index (κ1) is 16.4. The van der Waals surface area contributed by atoms with Crippen LogP contribution >= 0.6 is 0 Å². The fourth-order valence-electron chi connectivity index (χ4n) is 1.80. The van der Waals surface area contributed by atoms with Crippen LogP contribution in [0.4, 0.5) is 0 Å². The number of hydrogen-bond donors (Lipinski definition) is 0. The van der Waals surface area contributed by atoms with Gasteiger partial charge < -0.3 is 9.64 Å². The zero-order valence-corrected chi connectivity index (χ0v) is 12.3. The van der Waals surface area contributed by atoms with Crippen LogP contribution in [0.3, 0.4) is 0 Å². The van der Waals surface area contributed by atoms with E-state index in [1.165, 1.54) is 0 Å². The molecular formula is C14H29NO2. The van der Waals surface area contributed by atoms with Crippen LogP contribution in [0.1, 0.15) is 41.0 Å². The average molecular weight is 243 g/mol. The van der Waals surface area contributed by atoms with Crippen LogP contribution < -0.4 is 0 Å². The van der Waals surface area contributed by atoms with E-state index in [1.54, 1.807) is 7.11 Å². The predicted molar refractivity (Wildman–Crippen MR) is 71.9 cm³/mol. The molecule has 0 radical (unpaired) electrons. The zero-order chi connectivity index (χ0) is 13.4. The van der Waals surface area contributed by atoms with Gasteiger partial charge in [0.1, 0.15) is 0 Å². The van der Waals surface area contributed by atoms with E-state index >= 15 is 0 Å². The maximum Gasteiger partial charge on any atom is 0.225 e. The lowest BCUT2D eigenvalue weighted by molar-refractivity contribution is -0.137. The van der Waals surface area contributed by atoms with Crippen LogP contribution in [-0.2, 0) is 9.53 Å². The molecule has 0 rings (SSSR count). The summed E-state index contributed by atoms with van der Waals surface area (Å²) in [4.78, 5) is 14.2. The van der Waals surface area contributed by atoms with Gasteiger partial charge in [0.05, 0.1) is 6.61 Å². The summed E-state index contributed by atoms with van der Waals surface area (Å²) in [6.45, 7) is 12.8. The Morgan fingerprint density at radius 2 is 1.82 bits per heavy atom. The highest BCUT2D eigenvalue weighted by molar-refractivity contribution is 5.78. The van der Waals surface area contributed by atoms with Crippen molar-refractivity contribution in [3.63, 3.8) is 0 Å². The number of amides is 1. The van der Waals surface area contributed by atoms with Crippen LogP contribution in [0.15, 0.2) is 0 Å². The molecule has 0 aliphatic carbocycles. The van der Waals surface area contributed by atoms with Crippen molar-refractivity contribution < 1.29 is 9.53 Å². The van der Waals surface area contributed by atoms with Crippen molar-refractivity contribution in [3.8, 4) is 0 Å². The molecule has 0 fully saturated rings. The van der Waals surface area contributed by atoms with Crippen LogP contribution in [0.25, 0.3) is 0 Å². The van der Waals surface area contributed by atoms with Gasteiger partial charge in [-0.2, -0.15) is 0 Å². The van der Waals surface area contributed by atoms with Crippen LogP contribution in [0.5, 0.6) is 0 Å². The molecule has 0 spiro atoms. The van der Waals surface area contributed by atoms with E-state index in [9.17, 15) is 4.79 Å². The quantitative estimate of drug-likeness (QED) is 0.656. The van der Waals surface area contributed by atoms with Gasteiger partial charge in [0.25, 0.3) is 0 Å². The van der Waals surface area contributed by atoms with Gasteiger partial charge in [-0.15, -0.1) is 0 Å². The third-order valence-electron chi connectivity index (χ3n) is 3.54. The minimum Gasteiger partial charge on any atom is -0.384 e. The smallest absolute Gasteiger partial charge is 0.225 e. The van der Waals surface area contributed by atoms with E-state index in [4.69, 9.17) is 4.74 Å². The number of carbonyl (C=O) groups excluding carboxylic acids is 1. The minimum atomic E-state index is 0.106. The molecule has 0 aliphatic rings. The molecule has 0 saturated heterocycles. The summed E-state index contributed by atoms with van der Waals surface area (Å²) >= 11 is 0. The molecule has 3 heteroatoms. The summed E-state index contributed by atoms with van der Waals surface area (Å²) in [5.74, 6) is 1.23. The maximum atomic E-state index is 12.3. The van der Waals surface area contributed by atoms with Crippen molar-refractivity contribution >= 4 is 5.91 Å². The molecule has 3 nitrogen and oxygen atoms in total. The Hall–Kier alpha value is -0.570. The second-order valence-corrected chi connectivity index (χ2v) is 5.14. The summed E-state index contributed by atoms with van der Waals surface area (Å²) in [5, 5.41) is 0. The first-order valence-electron chi connectivity index (χ1n) is 6.75. The van der Waals surface area contributed by atoms with Crippen molar-refractivity contribution in [1.29, 1.82) is 0 Å². The highest BCUT2D eigenvalue weighted by Crippen LogP contribution is 2.15. The number of methoxy groups -OCH3 is 1. The summed E-state index contributed by atoms with van der Waals surface area (Å²) in [5.41, 5.74) is 0. The van der Waals surface area contributed by atoms with Crippen molar-refractivity contribution in [2.75, 3.05) is 26.8 Å². The molecular weight excluding hydrogens is 214 g/mol. The van der Waals surface area contributed by atoms with Crippen molar-refractivity contribution in [2.24, 2.45) is 17.8 Å². The van der Waals surface area contributed by atoms with Gasteiger partial charge in [0, 0.05) is 26.1 Å². The molecule has 1 amide bonds. The van der Waals surface area contributed by atoms with Crippen LogP contribution in [0.2, 0.25) is 0 Å². The number of carbonyl (C=O) groups is 1. The Labute approximate surface area is 107 Å². The Kier molecular flexibility index (Phi) is 8.23. The standard InChI is InChI=1S/C14H29NO2/c1-7-13(10-17-6)9-15(8-2)14(16)12(5)11(3)4/h11-13H,7-10H2,1-6H3. The highest BCUT2D eigenvalue weighted by Gasteiger charge is 2.23. The number of hydrogen-bond acceptors (Lipinski definition) is 2. The summed E-state index contributed by atoms with van der Waals surface area (Å²) in [7, 11) is 1.72. The van der Waals surface area contributed by atoms with Gasteiger partial charge in [-0.1, -0.05) is 27.7 Å². The normalized spacial score (nSPS) is 14.8. The van der Waals surface area contributed by atoms with E-state index < -0.39 is 0 Å². The summed E-state index contributed by atoms with van der Waals surface area (Å²) in [6.07, 6.45) is 1.05. The first-order chi connectivity index (χ1) is 7.97. The lowest BCUT2D eigenvalue weighted by Gasteiger charge is -2.29. The van der Waals surface area contributed by atoms with Gasteiger partial charge in [-0.3, -0.25) is 4.79 Å². The predicted octanol–water partition coefficient (Wildman–Crippen LogP) is 2.80. The largest absolute Gasteiger partial charge is 0.384 e. The van der Waals surface area contributed by atoms with Gasteiger partial charge in [0.15, 0.2) is 0 Å². The van der Waals surface area contributed by atoms with Gasteiger partial charge in [-0.05, 0) is 25.2 Å². The minimum absolute atomic E-state index is 0.106. The Morgan fingerprint density at radius 1 is 1.24 bits per heavy atom. The number of nitrogens with zero attached hydrogens (tertiary/aromatic N) is 1. The Bertz CT molecular complexity index is 216. The lowest BCUT2D eigenvalue weighted by atomic mass is 9.96. The Morgan fingerprint density at radius 3 is 2.18 bits per heavy atom. The zero-order valence-electron chi connectivity index (χ0n) is 12.3. The molecule has 0 N–H and O–H groups in total. The monoisotopic (exact) mass is 243 g/mol. The molecule has 17 heavy (non-hydrogen) atoms. The third kappa shape index (κ3) is 5.53. The second-order valence-electron chi connectivity index (χ2n) is 5.14. The van der Waals surface area contributed by atoms with E-state index in [0.29, 0.717) is 11.8 Å². The fourth-order valence-corrected chi connectivity index (χ4v) is 1.80. The number of rotatable bonds is 8.